The molecule has 4 aromatic rings. The number of anilines is 1. The first kappa shape index (κ1) is 23.1. The smallest absolute Gasteiger partial charge is 0.368 e. The first-order valence-electron chi connectivity index (χ1n) is 10.7. The van der Waals surface area contributed by atoms with E-state index in [0.29, 0.717) is 36.3 Å². The lowest BCUT2D eigenvalue weighted by Gasteiger charge is -2.35. The van der Waals surface area contributed by atoms with Gasteiger partial charge >= 0.3 is 6.18 Å². The van der Waals surface area contributed by atoms with Crippen LogP contribution in [0.4, 0.5) is 23.2 Å². The molecule has 5 rings (SSSR count). The highest BCUT2D eigenvalue weighted by molar-refractivity contribution is 6.36. The Labute approximate surface area is 202 Å². The molecule has 0 spiro atoms. The predicted octanol–water partition coefficient (Wildman–Crippen LogP) is 5.17. The fraction of sp³-hybridized carbons (Fsp3) is 0.208. The van der Waals surface area contributed by atoms with E-state index in [2.05, 4.69) is 10.1 Å². The van der Waals surface area contributed by atoms with Crippen molar-refractivity contribution in [3.05, 3.63) is 82.9 Å². The summed E-state index contributed by atoms with van der Waals surface area (Å²) in [7, 11) is 0. The number of hydrogen-bond donors (Lipinski definition) is 0. The average molecular weight is 504 g/mol. The van der Waals surface area contributed by atoms with E-state index in [1.807, 2.05) is 4.90 Å². The second-order valence-electron chi connectivity index (χ2n) is 8.04. The van der Waals surface area contributed by atoms with Crippen molar-refractivity contribution in [2.24, 2.45) is 0 Å². The Balaban J connectivity index is 1.46. The summed E-state index contributed by atoms with van der Waals surface area (Å²) in [6, 6.07) is 15.3. The summed E-state index contributed by atoms with van der Waals surface area (Å²) < 4.78 is 55.4. The highest BCUT2D eigenvalue weighted by Gasteiger charge is 2.37. The number of nitrogens with zero attached hydrogens (tertiary/aromatic N) is 5. The van der Waals surface area contributed by atoms with Crippen LogP contribution in [0.3, 0.4) is 0 Å². The highest BCUT2D eigenvalue weighted by Crippen LogP contribution is 2.35. The van der Waals surface area contributed by atoms with Crippen LogP contribution in [0.2, 0.25) is 5.02 Å². The molecule has 0 radical (unpaired) electrons. The molecule has 6 nitrogen and oxygen atoms in total. The van der Waals surface area contributed by atoms with Crippen molar-refractivity contribution in [2.75, 3.05) is 31.1 Å². The standard InChI is InChI=1S/C24H18ClF4N5O/c25-20-21(23(35)33-12-10-32(11-13-33)17-8-6-16(26)7-9-17)31-34-19(24(27,28)29)14-18(30-22(20)34)15-4-2-1-3-5-15/h1-9,14H,10-13H2. The van der Waals surface area contributed by atoms with E-state index >= 15 is 0 Å². The minimum absolute atomic E-state index is 0.0686. The zero-order valence-electron chi connectivity index (χ0n) is 18.1. The van der Waals surface area contributed by atoms with Crippen LogP contribution in [0.15, 0.2) is 60.7 Å². The number of carbonyl (C=O) groups excluding carboxylic acids is 1. The molecule has 0 unspecified atom stereocenters. The SMILES string of the molecule is O=C(c1nn2c(C(F)(F)F)cc(-c3ccccc3)nc2c1Cl)N1CCN(c2ccc(F)cc2)CC1. The Kier molecular flexibility index (Phi) is 5.84. The van der Waals surface area contributed by atoms with Crippen LogP contribution in [0, 0.1) is 5.82 Å². The van der Waals surface area contributed by atoms with Gasteiger partial charge in [-0.25, -0.2) is 13.9 Å². The minimum atomic E-state index is -4.75. The fourth-order valence-corrected chi connectivity index (χ4v) is 4.30. The largest absolute Gasteiger partial charge is 0.433 e. The number of rotatable bonds is 3. The number of benzene rings is 2. The zero-order valence-corrected chi connectivity index (χ0v) is 18.9. The van der Waals surface area contributed by atoms with Crippen LogP contribution in [-0.4, -0.2) is 51.6 Å². The van der Waals surface area contributed by atoms with E-state index in [-0.39, 0.29) is 27.9 Å². The van der Waals surface area contributed by atoms with Gasteiger partial charge in [0.25, 0.3) is 5.91 Å². The van der Waals surface area contributed by atoms with Crippen LogP contribution >= 0.6 is 11.6 Å². The molecule has 2 aromatic heterocycles. The van der Waals surface area contributed by atoms with Crippen LogP contribution in [-0.2, 0) is 6.18 Å². The van der Waals surface area contributed by atoms with E-state index < -0.39 is 17.8 Å². The quantitative estimate of drug-likeness (QED) is 0.362. The van der Waals surface area contributed by atoms with Crippen molar-refractivity contribution in [3.63, 3.8) is 0 Å². The average Bonchev–Trinajstić information content (AvgIpc) is 3.20. The molecule has 0 atom stereocenters. The molecule has 0 aliphatic carbocycles. The van der Waals surface area contributed by atoms with Crippen LogP contribution in [0.5, 0.6) is 0 Å². The molecule has 3 heterocycles. The Morgan fingerprint density at radius 1 is 0.943 bits per heavy atom. The second-order valence-corrected chi connectivity index (χ2v) is 8.42. The predicted molar refractivity (Wildman–Crippen MR) is 123 cm³/mol. The van der Waals surface area contributed by atoms with Crippen LogP contribution in [0.25, 0.3) is 16.9 Å². The van der Waals surface area contributed by atoms with Gasteiger partial charge in [-0.05, 0) is 30.3 Å². The number of hydrogen-bond acceptors (Lipinski definition) is 4. The van der Waals surface area contributed by atoms with Gasteiger partial charge in [0.1, 0.15) is 10.8 Å². The third-order valence-corrected chi connectivity index (χ3v) is 6.20. The lowest BCUT2D eigenvalue weighted by Crippen LogP contribution is -2.49. The number of fused-ring (bicyclic) bond motifs is 1. The number of halogens is 5. The van der Waals surface area contributed by atoms with E-state index in [4.69, 9.17) is 11.6 Å². The zero-order chi connectivity index (χ0) is 24.7. The van der Waals surface area contributed by atoms with E-state index in [1.54, 1.807) is 42.5 Å². The molecular weight excluding hydrogens is 486 g/mol. The first-order valence-corrected chi connectivity index (χ1v) is 11.1. The highest BCUT2D eigenvalue weighted by atomic mass is 35.5. The van der Waals surface area contributed by atoms with Gasteiger partial charge in [0.2, 0.25) is 0 Å². The molecule has 1 fully saturated rings. The number of aromatic nitrogens is 3. The lowest BCUT2D eigenvalue weighted by atomic mass is 10.1. The molecule has 0 bridgehead atoms. The van der Waals surface area contributed by atoms with E-state index in [0.717, 1.165) is 11.8 Å². The molecule has 1 amide bonds. The molecule has 35 heavy (non-hydrogen) atoms. The third kappa shape index (κ3) is 4.41. The topological polar surface area (TPSA) is 53.7 Å². The van der Waals surface area contributed by atoms with Gasteiger partial charge in [0, 0.05) is 37.4 Å². The number of piperazine rings is 1. The number of carbonyl (C=O) groups is 1. The maximum Gasteiger partial charge on any atom is 0.433 e. The summed E-state index contributed by atoms with van der Waals surface area (Å²) in [6.45, 7) is 1.53. The Morgan fingerprint density at radius 2 is 1.60 bits per heavy atom. The first-order chi connectivity index (χ1) is 16.7. The summed E-state index contributed by atoms with van der Waals surface area (Å²) in [6.07, 6.45) is -4.75. The second kappa shape index (κ2) is 8.84. The maximum atomic E-state index is 13.9. The maximum absolute atomic E-state index is 13.9. The van der Waals surface area contributed by atoms with Gasteiger partial charge in [-0.1, -0.05) is 41.9 Å². The molecule has 0 N–H and O–H groups in total. The van der Waals surface area contributed by atoms with Crippen molar-refractivity contribution in [3.8, 4) is 11.3 Å². The summed E-state index contributed by atoms with van der Waals surface area (Å²) in [5, 5.41) is 3.69. The molecular formula is C24H18ClF4N5O. The van der Waals surface area contributed by atoms with Gasteiger partial charge < -0.3 is 9.80 Å². The number of amides is 1. The van der Waals surface area contributed by atoms with Gasteiger partial charge in [0.05, 0.1) is 5.69 Å². The monoisotopic (exact) mass is 503 g/mol. The van der Waals surface area contributed by atoms with Crippen molar-refractivity contribution in [1.82, 2.24) is 19.5 Å². The minimum Gasteiger partial charge on any atom is -0.368 e. The Bertz CT molecular complexity index is 1380. The molecule has 1 aliphatic rings. The van der Waals surface area contributed by atoms with Gasteiger partial charge in [-0.2, -0.15) is 18.3 Å². The van der Waals surface area contributed by atoms with Gasteiger partial charge in [-0.3, -0.25) is 4.79 Å². The molecule has 0 saturated carbocycles. The summed E-state index contributed by atoms with van der Waals surface area (Å²) >= 11 is 6.39. The molecule has 180 valence electrons. The Morgan fingerprint density at radius 3 is 2.23 bits per heavy atom. The normalized spacial score (nSPS) is 14.5. The molecule has 1 saturated heterocycles. The van der Waals surface area contributed by atoms with Crippen molar-refractivity contribution in [2.45, 2.75) is 6.18 Å². The van der Waals surface area contributed by atoms with Crippen molar-refractivity contribution in [1.29, 1.82) is 0 Å². The van der Waals surface area contributed by atoms with Crippen molar-refractivity contribution < 1.29 is 22.4 Å². The molecule has 11 heteroatoms. The lowest BCUT2D eigenvalue weighted by molar-refractivity contribution is -0.142. The van der Waals surface area contributed by atoms with Gasteiger partial charge in [0.15, 0.2) is 17.0 Å². The van der Waals surface area contributed by atoms with Crippen LogP contribution < -0.4 is 4.90 Å². The Hall–Kier alpha value is -3.66. The summed E-state index contributed by atoms with van der Waals surface area (Å²) in [5.41, 5.74) is -0.249. The fourth-order valence-electron chi connectivity index (χ4n) is 4.06. The molecule has 2 aromatic carbocycles. The summed E-state index contributed by atoms with van der Waals surface area (Å²) in [5.74, 6) is -0.917. The van der Waals surface area contributed by atoms with Crippen molar-refractivity contribution >= 4 is 28.8 Å². The van der Waals surface area contributed by atoms with Crippen LogP contribution in [0.1, 0.15) is 16.2 Å². The van der Waals surface area contributed by atoms with Gasteiger partial charge in [-0.15, -0.1) is 0 Å². The number of alkyl halides is 3. The molecule has 1 aliphatic heterocycles. The third-order valence-electron chi connectivity index (χ3n) is 5.85. The van der Waals surface area contributed by atoms with E-state index in [9.17, 15) is 22.4 Å². The summed E-state index contributed by atoms with van der Waals surface area (Å²) in [4.78, 5) is 20.9. The van der Waals surface area contributed by atoms with E-state index in [1.165, 1.54) is 17.0 Å².